The van der Waals surface area contributed by atoms with Crippen molar-refractivity contribution in [1.82, 2.24) is 4.98 Å². The molecule has 142 valence electrons. The summed E-state index contributed by atoms with van der Waals surface area (Å²) in [5.74, 6) is 0.0101. The monoisotopic (exact) mass is 370 g/mol. The highest BCUT2D eigenvalue weighted by molar-refractivity contribution is 6.04. The number of rotatable bonds is 9. The minimum absolute atomic E-state index is 0.0759. The van der Waals surface area contributed by atoms with Gasteiger partial charge in [0.15, 0.2) is 0 Å². The number of anilines is 1. The lowest BCUT2D eigenvalue weighted by molar-refractivity contribution is -0.137. The molecule has 0 saturated heterocycles. The van der Waals surface area contributed by atoms with Gasteiger partial charge in [-0.15, -0.1) is 0 Å². The number of hydrogen-bond donors (Lipinski definition) is 2. The molecule has 1 aromatic carbocycles. The van der Waals surface area contributed by atoms with Crippen LogP contribution in [0.4, 0.5) is 5.69 Å². The number of pyridine rings is 1. The van der Waals surface area contributed by atoms with E-state index in [4.69, 9.17) is 14.6 Å². The predicted octanol–water partition coefficient (Wildman–Crippen LogP) is 3.51. The second-order valence-electron chi connectivity index (χ2n) is 6.38. The lowest BCUT2D eigenvalue weighted by atomic mass is 9.96. The van der Waals surface area contributed by atoms with E-state index < -0.39 is 5.97 Å². The minimum Gasteiger partial charge on any atom is -0.494 e. The Morgan fingerprint density at radius 1 is 1.19 bits per heavy atom. The van der Waals surface area contributed by atoms with Gasteiger partial charge in [-0.3, -0.25) is 9.59 Å². The van der Waals surface area contributed by atoms with E-state index in [9.17, 15) is 9.59 Å². The molecule has 7 nitrogen and oxygen atoms in total. The first-order chi connectivity index (χ1) is 13.1. The summed E-state index contributed by atoms with van der Waals surface area (Å²) in [5, 5.41) is 11.4. The SMILES string of the molecule is O=C(O)CCCOc1ccc(NC(=O)c2ccnc(OC3CCC3)c2)cc1. The fourth-order valence-corrected chi connectivity index (χ4v) is 2.53. The molecule has 1 aliphatic rings. The first kappa shape index (κ1) is 18.7. The van der Waals surface area contributed by atoms with E-state index in [0.29, 0.717) is 35.9 Å². The maximum atomic E-state index is 12.4. The van der Waals surface area contributed by atoms with Crippen molar-refractivity contribution >= 4 is 17.6 Å². The Balaban J connectivity index is 1.51. The van der Waals surface area contributed by atoms with Crippen LogP contribution in [0.15, 0.2) is 42.6 Å². The molecule has 1 fully saturated rings. The third kappa shape index (κ3) is 5.70. The van der Waals surface area contributed by atoms with Crippen molar-refractivity contribution in [1.29, 1.82) is 0 Å². The molecule has 2 N–H and O–H groups in total. The summed E-state index contributed by atoms with van der Waals surface area (Å²) in [7, 11) is 0. The maximum Gasteiger partial charge on any atom is 0.303 e. The molecule has 1 heterocycles. The van der Waals surface area contributed by atoms with Gasteiger partial charge in [-0.1, -0.05) is 0 Å². The number of carboxylic acid groups (broad SMARTS) is 1. The van der Waals surface area contributed by atoms with Gasteiger partial charge >= 0.3 is 5.97 Å². The van der Waals surface area contributed by atoms with Crippen molar-refractivity contribution < 1.29 is 24.2 Å². The quantitative estimate of drug-likeness (QED) is 0.656. The van der Waals surface area contributed by atoms with Crippen LogP contribution in [0.5, 0.6) is 11.6 Å². The third-order valence-electron chi connectivity index (χ3n) is 4.25. The summed E-state index contributed by atoms with van der Waals surface area (Å²) in [5.41, 5.74) is 1.12. The normalized spacial score (nSPS) is 13.5. The summed E-state index contributed by atoms with van der Waals surface area (Å²) in [4.78, 5) is 27.0. The van der Waals surface area contributed by atoms with Crippen LogP contribution in [-0.2, 0) is 4.79 Å². The number of aliphatic carboxylic acids is 1. The van der Waals surface area contributed by atoms with Crippen LogP contribution >= 0.6 is 0 Å². The minimum atomic E-state index is -0.839. The fourth-order valence-electron chi connectivity index (χ4n) is 2.53. The topological polar surface area (TPSA) is 97.8 Å². The molecule has 3 rings (SSSR count). The summed E-state index contributed by atoms with van der Waals surface area (Å²) in [6, 6.07) is 10.2. The number of aromatic nitrogens is 1. The maximum absolute atomic E-state index is 12.4. The van der Waals surface area contributed by atoms with Crippen LogP contribution < -0.4 is 14.8 Å². The molecule has 0 aliphatic heterocycles. The van der Waals surface area contributed by atoms with Crippen LogP contribution in [0.3, 0.4) is 0 Å². The molecule has 0 unspecified atom stereocenters. The fraction of sp³-hybridized carbons (Fsp3) is 0.350. The van der Waals surface area contributed by atoms with Gasteiger partial charge in [0, 0.05) is 29.9 Å². The molecular weight excluding hydrogens is 348 g/mol. The largest absolute Gasteiger partial charge is 0.494 e. The van der Waals surface area contributed by atoms with E-state index >= 15 is 0 Å². The summed E-state index contributed by atoms with van der Waals surface area (Å²) in [6.07, 6.45) is 5.53. The van der Waals surface area contributed by atoms with Crippen molar-refractivity contribution in [3.8, 4) is 11.6 Å². The van der Waals surface area contributed by atoms with Gasteiger partial charge in [0.1, 0.15) is 11.9 Å². The van der Waals surface area contributed by atoms with E-state index in [-0.39, 0.29) is 18.4 Å². The molecule has 0 radical (unpaired) electrons. The van der Waals surface area contributed by atoms with E-state index in [1.165, 1.54) is 6.42 Å². The molecule has 1 aliphatic carbocycles. The van der Waals surface area contributed by atoms with Crippen molar-refractivity contribution in [3.05, 3.63) is 48.2 Å². The van der Waals surface area contributed by atoms with Gasteiger partial charge in [0.2, 0.25) is 5.88 Å². The second-order valence-corrected chi connectivity index (χ2v) is 6.38. The molecule has 1 saturated carbocycles. The van der Waals surface area contributed by atoms with Gasteiger partial charge in [-0.25, -0.2) is 4.98 Å². The average molecular weight is 370 g/mol. The molecule has 2 aromatic rings. The zero-order valence-electron chi connectivity index (χ0n) is 14.9. The van der Waals surface area contributed by atoms with Gasteiger partial charge < -0.3 is 19.9 Å². The number of nitrogens with one attached hydrogen (secondary N) is 1. The van der Waals surface area contributed by atoms with Crippen LogP contribution in [0, 0.1) is 0 Å². The van der Waals surface area contributed by atoms with Gasteiger partial charge in [-0.2, -0.15) is 0 Å². The van der Waals surface area contributed by atoms with Gasteiger partial charge in [0.25, 0.3) is 5.91 Å². The highest BCUT2D eigenvalue weighted by atomic mass is 16.5. The van der Waals surface area contributed by atoms with Gasteiger partial charge in [0.05, 0.1) is 6.61 Å². The highest BCUT2D eigenvalue weighted by Gasteiger charge is 2.20. The smallest absolute Gasteiger partial charge is 0.303 e. The molecule has 1 aromatic heterocycles. The number of nitrogens with zero attached hydrogens (tertiary/aromatic N) is 1. The number of benzene rings is 1. The Morgan fingerprint density at radius 2 is 1.96 bits per heavy atom. The van der Waals surface area contributed by atoms with E-state index in [1.807, 2.05) is 0 Å². The van der Waals surface area contributed by atoms with Crippen LogP contribution in [0.1, 0.15) is 42.5 Å². The number of amides is 1. The first-order valence-electron chi connectivity index (χ1n) is 8.99. The predicted molar refractivity (Wildman–Crippen MR) is 99.3 cm³/mol. The van der Waals surface area contributed by atoms with Crippen molar-refractivity contribution in [2.24, 2.45) is 0 Å². The highest BCUT2D eigenvalue weighted by Crippen LogP contribution is 2.24. The molecule has 7 heteroatoms. The third-order valence-corrected chi connectivity index (χ3v) is 4.25. The Morgan fingerprint density at radius 3 is 2.63 bits per heavy atom. The molecule has 0 bridgehead atoms. The zero-order valence-corrected chi connectivity index (χ0v) is 14.9. The molecule has 27 heavy (non-hydrogen) atoms. The number of hydrogen-bond acceptors (Lipinski definition) is 5. The van der Waals surface area contributed by atoms with Crippen LogP contribution in [-0.4, -0.2) is 34.7 Å². The second kappa shape index (κ2) is 9.02. The van der Waals surface area contributed by atoms with E-state index in [2.05, 4.69) is 10.3 Å². The number of ether oxygens (including phenoxy) is 2. The molecule has 0 atom stereocenters. The molecular formula is C20H22N2O5. The standard InChI is InChI=1S/C20H22N2O5/c23-19(24)5-2-12-26-16-8-6-15(7-9-16)22-20(25)14-10-11-21-18(13-14)27-17-3-1-4-17/h6-11,13,17H,1-5,12H2,(H,22,25)(H,23,24). The van der Waals surface area contributed by atoms with E-state index in [1.54, 1.807) is 42.6 Å². The summed E-state index contributed by atoms with van der Waals surface area (Å²) >= 11 is 0. The van der Waals surface area contributed by atoms with Crippen molar-refractivity contribution in [2.45, 2.75) is 38.2 Å². The van der Waals surface area contributed by atoms with Crippen LogP contribution in [0.25, 0.3) is 0 Å². The molecule has 0 spiro atoms. The number of carbonyl (C=O) groups excluding carboxylic acids is 1. The first-order valence-corrected chi connectivity index (χ1v) is 8.99. The van der Waals surface area contributed by atoms with Crippen molar-refractivity contribution in [3.63, 3.8) is 0 Å². The Bertz CT molecular complexity index is 787. The zero-order chi connectivity index (χ0) is 19.1. The molecule has 1 amide bonds. The van der Waals surface area contributed by atoms with Gasteiger partial charge in [-0.05, 0) is 56.0 Å². The summed E-state index contributed by atoms with van der Waals surface area (Å²) in [6.45, 7) is 0.332. The average Bonchev–Trinajstić information content (AvgIpc) is 2.63. The Labute approximate surface area is 157 Å². The van der Waals surface area contributed by atoms with E-state index in [0.717, 1.165) is 12.8 Å². The van der Waals surface area contributed by atoms with Crippen molar-refractivity contribution in [2.75, 3.05) is 11.9 Å². The lowest BCUT2D eigenvalue weighted by Gasteiger charge is -2.25. The van der Waals surface area contributed by atoms with Crippen LogP contribution in [0.2, 0.25) is 0 Å². The Hall–Kier alpha value is -3.09. The number of carboxylic acids is 1. The Kier molecular flexibility index (Phi) is 6.25. The lowest BCUT2D eigenvalue weighted by Crippen LogP contribution is -2.25. The summed E-state index contributed by atoms with van der Waals surface area (Å²) < 4.78 is 11.2. The number of carbonyl (C=O) groups is 2.